The quantitative estimate of drug-likeness (QED) is 0.891. The van der Waals surface area contributed by atoms with Crippen LogP contribution in [-0.2, 0) is 0 Å². The summed E-state index contributed by atoms with van der Waals surface area (Å²) in [7, 11) is 0. The van der Waals surface area contributed by atoms with E-state index in [0.717, 1.165) is 11.4 Å². The number of aromatic nitrogens is 2. The Morgan fingerprint density at radius 3 is 2.83 bits per heavy atom. The highest BCUT2D eigenvalue weighted by molar-refractivity contribution is 6.33. The van der Waals surface area contributed by atoms with E-state index in [4.69, 9.17) is 16.7 Å². The van der Waals surface area contributed by atoms with Crippen LogP contribution in [0, 0.1) is 6.92 Å². The molecule has 0 amide bonds. The van der Waals surface area contributed by atoms with Crippen LogP contribution in [0.2, 0.25) is 5.02 Å². The Labute approximate surface area is 108 Å². The first-order valence-electron chi connectivity index (χ1n) is 5.16. The molecule has 2 aromatic heterocycles. The van der Waals surface area contributed by atoms with Crippen LogP contribution >= 0.6 is 11.6 Å². The van der Waals surface area contributed by atoms with Crippen molar-refractivity contribution in [3.05, 3.63) is 46.9 Å². The molecule has 0 atom stereocenters. The molecule has 2 aromatic rings. The van der Waals surface area contributed by atoms with Crippen LogP contribution in [0.25, 0.3) is 0 Å². The molecule has 0 spiro atoms. The van der Waals surface area contributed by atoms with Crippen LogP contribution in [0.3, 0.4) is 0 Å². The van der Waals surface area contributed by atoms with Gasteiger partial charge in [-0.15, -0.1) is 0 Å². The van der Waals surface area contributed by atoms with E-state index in [9.17, 15) is 4.79 Å². The fraction of sp³-hybridized carbons (Fsp3) is 0.0833. The van der Waals surface area contributed by atoms with Gasteiger partial charge in [0.1, 0.15) is 5.82 Å². The second kappa shape index (κ2) is 5.01. The van der Waals surface area contributed by atoms with Gasteiger partial charge in [-0.05, 0) is 31.2 Å². The molecule has 0 radical (unpaired) electrons. The Hall–Kier alpha value is -2.14. The molecule has 0 fully saturated rings. The van der Waals surface area contributed by atoms with Gasteiger partial charge in [-0.25, -0.2) is 9.78 Å². The summed E-state index contributed by atoms with van der Waals surface area (Å²) in [6.45, 7) is 1.84. The van der Waals surface area contributed by atoms with Crippen molar-refractivity contribution < 1.29 is 9.90 Å². The molecule has 0 unspecified atom stereocenters. The molecule has 92 valence electrons. The van der Waals surface area contributed by atoms with Crippen molar-refractivity contribution in [1.29, 1.82) is 0 Å². The highest BCUT2D eigenvalue weighted by Crippen LogP contribution is 2.21. The number of hydrogen-bond acceptors (Lipinski definition) is 4. The minimum atomic E-state index is -1.16. The summed E-state index contributed by atoms with van der Waals surface area (Å²) in [6.07, 6.45) is 1.68. The summed E-state index contributed by atoms with van der Waals surface area (Å²) in [5.74, 6) is -0.751. The maximum Gasteiger partial charge on any atom is 0.356 e. The Morgan fingerprint density at radius 2 is 2.17 bits per heavy atom. The lowest BCUT2D eigenvalue weighted by Crippen LogP contribution is -2.04. The Balaban J connectivity index is 2.33. The topological polar surface area (TPSA) is 75.1 Å². The summed E-state index contributed by atoms with van der Waals surface area (Å²) < 4.78 is 0. The minimum absolute atomic E-state index is 0.107. The predicted molar refractivity (Wildman–Crippen MR) is 68.5 cm³/mol. The van der Waals surface area contributed by atoms with Crippen LogP contribution in [0.15, 0.2) is 30.5 Å². The van der Waals surface area contributed by atoms with Gasteiger partial charge >= 0.3 is 5.97 Å². The maximum atomic E-state index is 10.9. The zero-order valence-corrected chi connectivity index (χ0v) is 10.3. The molecular weight excluding hydrogens is 254 g/mol. The molecule has 5 nitrogen and oxygen atoms in total. The summed E-state index contributed by atoms with van der Waals surface area (Å²) in [5, 5.41) is 12.0. The second-order valence-electron chi connectivity index (χ2n) is 3.59. The molecule has 0 saturated carbocycles. The molecule has 0 saturated heterocycles. The van der Waals surface area contributed by atoms with E-state index >= 15 is 0 Å². The normalized spacial score (nSPS) is 10.1. The van der Waals surface area contributed by atoms with Gasteiger partial charge in [0.25, 0.3) is 0 Å². The average Bonchev–Trinajstić information content (AvgIpc) is 2.34. The van der Waals surface area contributed by atoms with Gasteiger partial charge in [0.15, 0.2) is 5.69 Å². The number of aromatic carboxylic acids is 1. The number of anilines is 2. The number of nitrogens with zero attached hydrogens (tertiary/aromatic N) is 2. The summed E-state index contributed by atoms with van der Waals surface area (Å²) in [5.41, 5.74) is 1.39. The predicted octanol–water partition coefficient (Wildman–Crippen LogP) is 2.88. The van der Waals surface area contributed by atoms with Crippen molar-refractivity contribution in [3.8, 4) is 0 Å². The molecule has 2 N–H and O–H groups in total. The smallest absolute Gasteiger partial charge is 0.356 e. The highest BCUT2D eigenvalue weighted by Gasteiger charge is 2.11. The first-order chi connectivity index (χ1) is 8.58. The molecule has 2 rings (SSSR count). The summed E-state index contributed by atoms with van der Waals surface area (Å²) in [4.78, 5) is 19.0. The van der Waals surface area contributed by atoms with E-state index in [2.05, 4.69) is 15.3 Å². The number of carbonyl (C=O) groups is 1. The largest absolute Gasteiger partial charge is 0.476 e. The van der Waals surface area contributed by atoms with Crippen molar-refractivity contribution in [2.24, 2.45) is 0 Å². The van der Waals surface area contributed by atoms with E-state index in [1.807, 2.05) is 13.0 Å². The Morgan fingerprint density at radius 1 is 1.39 bits per heavy atom. The van der Waals surface area contributed by atoms with Gasteiger partial charge in [-0.2, -0.15) is 0 Å². The number of hydrogen-bond donors (Lipinski definition) is 2. The van der Waals surface area contributed by atoms with Crippen molar-refractivity contribution in [2.45, 2.75) is 6.92 Å². The Bertz CT molecular complexity index is 602. The number of pyridine rings is 2. The summed E-state index contributed by atoms with van der Waals surface area (Å²) >= 11 is 5.74. The van der Waals surface area contributed by atoms with Gasteiger partial charge in [-0.1, -0.05) is 11.6 Å². The minimum Gasteiger partial charge on any atom is -0.476 e. The van der Waals surface area contributed by atoms with E-state index in [1.165, 1.54) is 6.07 Å². The van der Waals surface area contributed by atoms with Crippen molar-refractivity contribution in [3.63, 3.8) is 0 Å². The monoisotopic (exact) mass is 263 g/mol. The number of carboxylic acids is 1. The van der Waals surface area contributed by atoms with Crippen LogP contribution in [0.1, 0.15) is 16.2 Å². The van der Waals surface area contributed by atoms with E-state index in [0.29, 0.717) is 5.82 Å². The second-order valence-corrected chi connectivity index (χ2v) is 4.00. The Kier molecular flexibility index (Phi) is 3.43. The fourth-order valence-corrected chi connectivity index (χ4v) is 1.60. The molecule has 2 heterocycles. The van der Waals surface area contributed by atoms with Gasteiger partial charge in [0, 0.05) is 6.20 Å². The van der Waals surface area contributed by atoms with Crippen molar-refractivity contribution in [2.75, 3.05) is 5.32 Å². The van der Waals surface area contributed by atoms with E-state index in [1.54, 1.807) is 18.3 Å². The molecule has 0 aliphatic carbocycles. The standard InChI is InChI=1S/C12H10ClN3O2/c1-7-9(3-2-6-14-7)15-10-5-4-8(13)11(16-10)12(17)18/h2-6H,1H3,(H,15,16)(H,17,18). The van der Waals surface area contributed by atoms with Gasteiger partial charge < -0.3 is 10.4 Å². The zero-order chi connectivity index (χ0) is 13.1. The molecule has 0 aliphatic heterocycles. The van der Waals surface area contributed by atoms with E-state index in [-0.39, 0.29) is 10.7 Å². The number of aryl methyl sites for hydroxylation is 1. The van der Waals surface area contributed by atoms with Crippen LogP contribution in [0.4, 0.5) is 11.5 Å². The zero-order valence-electron chi connectivity index (χ0n) is 9.51. The van der Waals surface area contributed by atoms with Crippen LogP contribution in [0.5, 0.6) is 0 Å². The number of rotatable bonds is 3. The van der Waals surface area contributed by atoms with Crippen molar-refractivity contribution >= 4 is 29.1 Å². The van der Waals surface area contributed by atoms with Crippen LogP contribution < -0.4 is 5.32 Å². The molecule has 0 bridgehead atoms. The third kappa shape index (κ3) is 2.57. The first-order valence-corrected chi connectivity index (χ1v) is 5.54. The van der Waals surface area contributed by atoms with Crippen LogP contribution in [-0.4, -0.2) is 21.0 Å². The van der Waals surface area contributed by atoms with Gasteiger partial charge in [0.2, 0.25) is 0 Å². The molecule has 6 heteroatoms. The summed E-state index contributed by atoms with van der Waals surface area (Å²) in [6, 6.07) is 6.72. The fourth-order valence-electron chi connectivity index (χ4n) is 1.42. The van der Waals surface area contributed by atoms with Crippen molar-refractivity contribution in [1.82, 2.24) is 9.97 Å². The SMILES string of the molecule is Cc1ncccc1Nc1ccc(Cl)c(C(=O)O)n1. The molecule has 18 heavy (non-hydrogen) atoms. The molecule has 0 aromatic carbocycles. The average molecular weight is 264 g/mol. The lowest BCUT2D eigenvalue weighted by molar-refractivity contribution is 0.0691. The lowest BCUT2D eigenvalue weighted by atomic mass is 10.3. The lowest BCUT2D eigenvalue weighted by Gasteiger charge is -2.08. The number of carboxylic acid groups (broad SMARTS) is 1. The number of halogens is 1. The first kappa shape index (κ1) is 12.3. The molecule has 0 aliphatic rings. The maximum absolute atomic E-state index is 10.9. The van der Waals surface area contributed by atoms with E-state index < -0.39 is 5.97 Å². The van der Waals surface area contributed by atoms with Gasteiger partial charge in [0.05, 0.1) is 16.4 Å². The molecular formula is C12H10ClN3O2. The third-order valence-electron chi connectivity index (χ3n) is 2.32. The number of nitrogens with one attached hydrogen (secondary N) is 1. The highest BCUT2D eigenvalue weighted by atomic mass is 35.5. The third-order valence-corrected chi connectivity index (χ3v) is 2.62. The van der Waals surface area contributed by atoms with Gasteiger partial charge in [-0.3, -0.25) is 4.98 Å².